The fourth-order valence-electron chi connectivity index (χ4n) is 3.21. The number of amides is 1. The molecule has 0 saturated carbocycles. The molecular formula is C19H22N2O4. The molecule has 132 valence electrons. The van der Waals surface area contributed by atoms with Crippen molar-refractivity contribution in [3.05, 3.63) is 53.5 Å². The van der Waals surface area contributed by atoms with Crippen LogP contribution in [0.15, 0.2) is 41.0 Å². The topological polar surface area (TPSA) is 74.0 Å². The lowest BCUT2D eigenvalue weighted by molar-refractivity contribution is -0.141. The van der Waals surface area contributed by atoms with Crippen molar-refractivity contribution >= 4 is 17.6 Å². The number of carboxylic acid groups (broad SMARTS) is 1. The normalized spacial score (nSPS) is 17.2. The van der Waals surface area contributed by atoms with Crippen LogP contribution in [0.4, 0.5) is 5.69 Å². The van der Waals surface area contributed by atoms with E-state index >= 15 is 0 Å². The summed E-state index contributed by atoms with van der Waals surface area (Å²) >= 11 is 0. The van der Waals surface area contributed by atoms with E-state index in [9.17, 15) is 9.59 Å². The molecule has 25 heavy (non-hydrogen) atoms. The van der Waals surface area contributed by atoms with Crippen LogP contribution < -0.4 is 4.90 Å². The first-order valence-electron chi connectivity index (χ1n) is 8.31. The minimum Gasteiger partial charge on any atom is -0.480 e. The standard InChI is InChI=1S/C19H22N2O4/c1-12-10-14-6-4-5-7-16(14)21(12)11-17-15(8-9-25-17)18(22)20(3)13(2)19(23)24/h4-9,12-13H,10-11H2,1-3H3,(H,23,24). The molecule has 1 aliphatic heterocycles. The molecule has 6 heteroatoms. The Bertz CT molecular complexity index is 798. The molecule has 0 spiro atoms. The molecule has 0 bridgehead atoms. The maximum atomic E-state index is 12.7. The van der Waals surface area contributed by atoms with Gasteiger partial charge in [0.2, 0.25) is 0 Å². The highest BCUT2D eigenvalue weighted by Crippen LogP contribution is 2.33. The molecule has 1 N–H and O–H groups in total. The number of likely N-dealkylation sites (N-methyl/N-ethyl adjacent to an activating group) is 1. The molecule has 1 aliphatic rings. The molecule has 2 heterocycles. The number of carbonyl (C=O) groups is 2. The van der Waals surface area contributed by atoms with Crippen LogP contribution in [-0.4, -0.2) is 41.0 Å². The van der Waals surface area contributed by atoms with E-state index in [0.29, 0.717) is 23.9 Å². The number of carbonyl (C=O) groups excluding carboxylic acids is 1. The molecule has 0 saturated heterocycles. The van der Waals surface area contributed by atoms with Gasteiger partial charge in [0.15, 0.2) is 0 Å². The molecule has 0 aliphatic carbocycles. The Hall–Kier alpha value is -2.76. The highest BCUT2D eigenvalue weighted by molar-refractivity contribution is 5.97. The van der Waals surface area contributed by atoms with Crippen molar-refractivity contribution in [3.8, 4) is 0 Å². The Balaban J connectivity index is 1.83. The second kappa shape index (κ2) is 6.63. The lowest BCUT2D eigenvalue weighted by atomic mass is 10.1. The quantitative estimate of drug-likeness (QED) is 0.904. The van der Waals surface area contributed by atoms with Gasteiger partial charge in [0.05, 0.1) is 18.4 Å². The molecule has 1 aromatic heterocycles. The van der Waals surface area contributed by atoms with Gasteiger partial charge in [-0.25, -0.2) is 4.79 Å². The number of hydrogen-bond donors (Lipinski definition) is 1. The summed E-state index contributed by atoms with van der Waals surface area (Å²) in [5, 5.41) is 9.12. The number of anilines is 1. The third kappa shape index (κ3) is 3.12. The van der Waals surface area contributed by atoms with Crippen molar-refractivity contribution in [3.63, 3.8) is 0 Å². The second-order valence-corrected chi connectivity index (χ2v) is 6.50. The number of rotatable bonds is 5. The maximum absolute atomic E-state index is 12.7. The summed E-state index contributed by atoms with van der Waals surface area (Å²) in [5.41, 5.74) is 2.84. The molecule has 0 radical (unpaired) electrons. The van der Waals surface area contributed by atoms with Gasteiger partial charge in [-0.3, -0.25) is 4.79 Å². The lowest BCUT2D eigenvalue weighted by Crippen LogP contribution is -2.40. The van der Waals surface area contributed by atoms with Crippen LogP contribution in [0.1, 0.15) is 35.5 Å². The lowest BCUT2D eigenvalue weighted by Gasteiger charge is -2.25. The first-order chi connectivity index (χ1) is 11.9. The predicted octanol–water partition coefficient (Wildman–Crippen LogP) is 2.78. The van der Waals surface area contributed by atoms with Crippen LogP contribution in [0, 0.1) is 0 Å². The monoisotopic (exact) mass is 342 g/mol. The number of para-hydroxylation sites is 1. The highest BCUT2D eigenvalue weighted by Gasteiger charge is 2.30. The summed E-state index contributed by atoms with van der Waals surface area (Å²) < 4.78 is 5.56. The van der Waals surface area contributed by atoms with E-state index < -0.39 is 12.0 Å². The van der Waals surface area contributed by atoms with Gasteiger partial charge in [-0.15, -0.1) is 0 Å². The van der Waals surface area contributed by atoms with Crippen LogP contribution >= 0.6 is 0 Å². The number of fused-ring (bicyclic) bond motifs is 1. The fraction of sp³-hybridized carbons (Fsp3) is 0.368. The van der Waals surface area contributed by atoms with Gasteiger partial charge < -0.3 is 19.3 Å². The Kier molecular flexibility index (Phi) is 4.53. The van der Waals surface area contributed by atoms with E-state index in [-0.39, 0.29) is 5.91 Å². The molecule has 3 rings (SSSR count). The minimum atomic E-state index is -1.04. The second-order valence-electron chi connectivity index (χ2n) is 6.50. The van der Waals surface area contributed by atoms with Crippen molar-refractivity contribution in [2.24, 2.45) is 0 Å². The zero-order valence-corrected chi connectivity index (χ0v) is 14.6. The number of nitrogens with zero attached hydrogens (tertiary/aromatic N) is 2. The molecule has 1 amide bonds. The van der Waals surface area contributed by atoms with E-state index in [1.165, 1.54) is 30.7 Å². The zero-order valence-electron chi connectivity index (χ0n) is 14.6. The number of furan rings is 1. The average molecular weight is 342 g/mol. The minimum absolute atomic E-state index is 0.307. The molecule has 1 aromatic carbocycles. The Labute approximate surface area is 146 Å². The van der Waals surface area contributed by atoms with E-state index in [0.717, 1.165) is 12.1 Å². The van der Waals surface area contributed by atoms with Crippen molar-refractivity contribution in [1.29, 1.82) is 0 Å². The first-order valence-corrected chi connectivity index (χ1v) is 8.31. The molecule has 2 atom stereocenters. The zero-order chi connectivity index (χ0) is 18.1. The van der Waals surface area contributed by atoms with Gasteiger partial charge in [-0.2, -0.15) is 0 Å². The van der Waals surface area contributed by atoms with E-state index in [1.54, 1.807) is 6.07 Å². The van der Waals surface area contributed by atoms with Crippen molar-refractivity contribution in [2.75, 3.05) is 11.9 Å². The largest absolute Gasteiger partial charge is 0.480 e. The van der Waals surface area contributed by atoms with Crippen molar-refractivity contribution in [2.45, 2.75) is 38.9 Å². The number of aliphatic carboxylic acids is 1. The van der Waals surface area contributed by atoms with Crippen LogP contribution in [0.2, 0.25) is 0 Å². The van der Waals surface area contributed by atoms with Gasteiger partial charge in [0, 0.05) is 18.8 Å². The Morgan fingerprint density at radius 1 is 1.36 bits per heavy atom. The van der Waals surface area contributed by atoms with Crippen LogP contribution in [0.3, 0.4) is 0 Å². The number of hydrogen-bond acceptors (Lipinski definition) is 4. The van der Waals surface area contributed by atoms with E-state index in [2.05, 4.69) is 24.0 Å². The molecule has 6 nitrogen and oxygen atoms in total. The SMILES string of the molecule is CC(C(=O)O)N(C)C(=O)c1ccoc1CN1c2ccccc2CC1C. The summed E-state index contributed by atoms with van der Waals surface area (Å²) in [6.07, 6.45) is 2.44. The maximum Gasteiger partial charge on any atom is 0.326 e. The van der Waals surface area contributed by atoms with Crippen LogP contribution in [0.25, 0.3) is 0 Å². The molecular weight excluding hydrogens is 320 g/mol. The predicted molar refractivity (Wildman–Crippen MR) is 93.7 cm³/mol. The van der Waals surface area contributed by atoms with Gasteiger partial charge in [0.25, 0.3) is 5.91 Å². The molecule has 2 aromatic rings. The molecule has 2 unspecified atom stereocenters. The summed E-state index contributed by atoms with van der Waals surface area (Å²) in [4.78, 5) is 27.2. The molecule has 0 fully saturated rings. The van der Waals surface area contributed by atoms with E-state index in [1.807, 2.05) is 12.1 Å². The van der Waals surface area contributed by atoms with Gasteiger partial charge in [-0.1, -0.05) is 18.2 Å². The van der Waals surface area contributed by atoms with Crippen molar-refractivity contribution in [1.82, 2.24) is 4.90 Å². The van der Waals surface area contributed by atoms with E-state index in [4.69, 9.17) is 9.52 Å². The fourth-order valence-corrected chi connectivity index (χ4v) is 3.21. The van der Waals surface area contributed by atoms with Gasteiger partial charge >= 0.3 is 5.97 Å². The number of carboxylic acids is 1. The summed E-state index contributed by atoms with van der Waals surface area (Å²) in [6.45, 7) is 4.10. The average Bonchev–Trinajstić information content (AvgIpc) is 3.18. The third-order valence-corrected chi connectivity index (χ3v) is 4.90. The summed E-state index contributed by atoms with van der Waals surface area (Å²) in [5.74, 6) is -0.834. The van der Waals surface area contributed by atoms with Crippen LogP contribution in [-0.2, 0) is 17.8 Å². The van der Waals surface area contributed by atoms with Crippen LogP contribution in [0.5, 0.6) is 0 Å². The highest BCUT2D eigenvalue weighted by atomic mass is 16.4. The summed E-state index contributed by atoms with van der Waals surface area (Å²) in [7, 11) is 1.49. The number of benzene rings is 1. The Morgan fingerprint density at radius 2 is 2.08 bits per heavy atom. The van der Waals surface area contributed by atoms with Crippen molar-refractivity contribution < 1.29 is 19.1 Å². The Morgan fingerprint density at radius 3 is 2.80 bits per heavy atom. The first kappa shape index (κ1) is 17.1. The van der Waals surface area contributed by atoms with Gasteiger partial charge in [0.1, 0.15) is 11.8 Å². The van der Waals surface area contributed by atoms with Gasteiger partial charge in [-0.05, 0) is 38.0 Å². The summed E-state index contributed by atoms with van der Waals surface area (Å²) in [6, 6.07) is 9.22. The smallest absolute Gasteiger partial charge is 0.326 e. The third-order valence-electron chi connectivity index (χ3n) is 4.90.